The van der Waals surface area contributed by atoms with Gasteiger partial charge in [0, 0.05) is 30.0 Å². The fourth-order valence-corrected chi connectivity index (χ4v) is 3.53. The maximum atomic E-state index is 13.0. The molecule has 1 amide bonds. The van der Waals surface area contributed by atoms with E-state index in [1.165, 1.54) is 32.1 Å². The van der Waals surface area contributed by atoms with Crippen molar-refractivity contribution in [2.75, 3.05) is 0 Å². The molecule has 0 saturated heterocycles. The van der Waals surface area contributed by atoms with E-state index in [1.54, 1.807) is 23.3 Å². The quantitative estimate of drug-likeness (QED) is 0.774. The van der Waals surface area contributed by atoms with Gasteiger partial charge in [-0.25, -0.2) is 9.78 Å². The number of carbonyl (C=O) groups is 1. The first kappa shape index (κ1) is 17.0. The number of imidazole rings is 1. The number of rotatable bonds is 3. The zero-order valence-electron chi connectivity index (χ0n) is 13.9. The molecule has 1 aliphatic carbocycles. The van der Waals surface area contributed by atoms with Crippen LogP contribution in [0.15, 0.2) is 43.0 Å². The molecule has 1 aliphatic rings. The Bertz CT molecular complexity index is 631. The molecule has 1 aromatic heterocycles. The first-order valence-electron chi connectivity index (χ1n) is 8.77. The van der Waals surface area contributed by atoms with E-state index in [1.807, 2.05) is 29.2 Å². The van der Waals surface area contributed by atoms with Gasteiger partial charge >= 0.3 is 6.03 Å². The number of carbonyl (C=O) groups excluding carboxylic acids is 1. The lowest BCUT2D eigenvalue weighted by Gasteiger charge is -2.33. The summed E-state index contributed by atoms with van der Waals surface area (Å²) in [5, 5.41) is 0.720. The molecule has 2 aromatic rings. The number of amides is 1. The molecule has 0 bridgehead atoms. The number of benzene rings is 1. The Labute approximate surface area is 148 Å². The van der Waals surface area contributed by atoms with E-state index in [9.17, 15) is 4.79 Å². The summed E-state index contributed by atoms with van der Waals surface area (Å²) >= 11 is 5.99. The Morgan fingerprint density at radius 1 is 1.12 bits per heavy atom. The zero-order chi connectivity index (χ0) is 16.8. The van der Waals surface area contributed by atoms with Crippen molar-refractivity contribution in [2.45, 2.75) is 57.5 Å². The van der Waals surface area contributed by atoms with Gasteiger partial charge in [-0.3, -0.25) is 4.57 Å². The minimum Gasteiger partial charge on any atom is -0.317 e. The topological polar surface area (TPSA) is 38.1 Å². The SMILES string of the molecule is O=C(N(Cc1ccc(Cl)cc1)C1CCCCCCC1)n1ccnc1. The monoisotopic (exact) mass is 345 g/mol. The second-order valence-electron chi connectivity index (χ2n) is 6.51. The molecular weight excluding hydrogens is 322 g/mol. The number of nitrogens with zero attached hydrogens (tertiary/aromatic N) is 3. The first-order valence-corrected chi connectivity index (χ1v) is 9.15. The standard InChI is InChI=1S/C19H24ClN3O/c20-17-10-8-16(9-11-17)14-23(19(24)22-13-12-21-15-22)18-6-4-2-1-3-5-7-18/h8-13,15,18H,1-7,14H2. The highest BCUT2D eigenvalue weighted by Gasteiger charge is 2.25. The summed E-state index contributed by atoms with van der Waals surface area (Å²) in [4.78, 5) is 19.0. The molecule has 0 N–H and O–H groups in total. The molecule has 0 spiro atoms. The summed E-state index contributed by atoms with van der Waals surface area (Å²) in [5.41, 5.74) is 1.11. The Balaban J connectivity index is 1.81. The van der Waals surface area contributed by atoms with Crippen molar-refractivity contribution in [1.29, 1.82) is 0 Å². The lowest BCUT2D eigenvalue weighted by atomic mass is 9.95. The smallest absolute Gasteiger partial charge is 0.317 e. The number of aromatic nitrogens is 2. The predicted molar refractivity (Wildman–Crippen MR) is 96.1 cm³/mol. The predicted octanol–water partition coefficient (Wildman–Crippen LogP) is 5.12. The Hall–Kier alpha value is -1.81. The minimum atomic E-state index is 0.00743. The highest BCUT2D eigenvalue weighted by molar-refractivity contribution is 6.30. The van der Waals surface area contributed by atoms with Crippen LogP contribution in [0.3, 0.4) is 0 Å². The van der Waals surface area contributed by atoms with Gasteiger partial charge < -0.3 is 4.90 Å². The second kappa shape index (κ2) is 8.34. The lowest BCUT2D eigenvalue weighted by molar-refractivity contribution is 0.157. The van der Waals surface area contributed by atoms with E-state index in [-0.39, 0.29) is 12.1 Å². The maximum absolute atomic E-state index is 13.0. The summed E-state index contributed by atoms with van der Waals surface area (Å²) in [5.74, 6) is 0. The van der Waals surface area contributed by atoms with Crippen LogP contribution in [-0.2, 0) is 6.54 Å². The molecule has 128 valence electrons. The van der Waals surface area contributed by atoms with Gasteiger partial charge in [0.15, 0.2) is 0 Å². The zero-order valence-corrected chi connectivity index (χ0v) is 14.7. The van der Waals surface area contributed by atoms with Gasteiger partial charge in [0.25, 0.3) is 0 Å². The van der Waals surface area contributed by atoms with Gasteiger partial charge in [-0.15, -0.1) is 0 Å². The molecule has 0 aliphatic heterocycles. The van der Waals surface area contributed by atoms with Crippen molar-refractivity contribution < 1.29 is 4.79 Å². The van der Waals surface area contributed by atoms with Crippen LogP contribution in [0.4, 0.5) is 4.79 Å². The van der Waals surface area contributed by atoms with Crippen molar-refractivity contribution >= 4 is 17.6 Å². The summed E-state index contributed by atoms with van der Waals surface area (Å²) in [6.07, 6.45) is 13.4. The third kappa shape index (κ3) is 4.38. The Morgan fingerprint density at radius 3 is 2.42 bits per heavy atom. The number of hydrogen-bond donors (Lipinski definition) is 0. The van der Waals surface area contributed by atoms with E-state index in [4.69, 9.17) is 11.6 Å². The lowest BCUT2D eigenvalue weighted by Crippen LogP contribution is -2.42. The van der Waals surface area contributed by atoms with Crippen LogP contribution in [0.5, 0.6) is 0 Å². The number of halogens is 1. The van der Waals surface area contributed by atoms with Crippen LogP contribution in [0.25, 0.3) is 0 Å². The fraction of sp³-hybridized carbons (Fsp3) is 0.474. The van der Waals surface area contributed by atoms with E-state index in [0.29, 0.717) is 6.54 Å². The van der Waals surface area contributed by atoms with Crippen LogP contribution < -0.4 is 0 Å². The average molecular weight is 346 g/mol. The molecule has 0 radical (unpaired) electrons. The van der Waals surface area contributed by atoms with Gasteiger partial charge in [-0.05, 0) is 30.5 Å². The molecule has 5 heteroatoms. The van der Waals surface area contributed by atoms with Crippen molar-refractivity contribution in [3.8, 4) is 0 Å². The molecule has 4 nitrogen and oxygen atoms in total. The number of hydrogen-bond acceptors (Lipinski definition) is 2. The molecule has 1 saturated carbocycles. The van der Waals surface area contributed by atoms with Crippen LogP contribution in [0.1, 0.15) is 50.5 Å². The van der Waals surface area contributed by atoms with Gasteiger partial charge in [-0.1, -0.05) is 55.8 Å². The van der Waals surface area contributed by atoms with Gasteiger partial charge in [0.05, 0.1) is 0 Å². The van der Waals surface area contributed by atoms with Gasteiger partial charge in [-0.2, -0.15) is 0 Å². The molecule has 0 unspecified atom stereocenters. The Morgan fingerprint density at radius 2 is 1.79 bits per heavy atom. The summed E-state index contributed by atoms with van der Waals surface area (Å²) < 4.78 is 1.58. The molecule has 0 atom stereocenters. The molecule has 3 rings (SSSR count). The Kier molecular flexibility index (Phi) is 5.91. The molecular formula is C19H24ClN3O. The second-order valence-corrected chi connectivity index (χ2v) is 6.94. The largest absolute Gasteiger partial charge is 0.329 e. The molecule has 1 heterocycles. The van der Waals surface area contributed by atoms with Gasteiger partial charge in [0.2, 0.25) is 0 Å². The third-order valence-electron chi connectivity index (χ3n) is 4.75. The fourth-order valence-electron chi connectivity index (χ4n) is 3.41. The average Bonchev–Trinajstić information content (AvgIpc) is 3.09. The highest BCUT2D eigenvalue weighted by atomic mass is 35.5. The highest BCUT2D eigenvalue weighted by Crippen LogP contribution is 2.24. The van der Waals surface area contributed by atoms with Gasteiger partial charge in [0.1, 0.15) is 6.33 Å². The maximum Gasteiger partial charge on any atom is 0.329 e. The van der Waals surface area contributed by atoms with E-state index in [0.717, 1.165) is 23.4 Å². The minimum absolute atomic E-state index is 0.00743. The van der Waals surface area contributed by atoms with Crippen molar-refractivity contribution in [3.05, 3.63) is 53.6 Å². The molecule has 1 fully saturated rings. The van der Waals surface area contributed by atoms with E-state index < -0.39 is 0 Å². The summed E-state index contributed by atoms with van der Waals surface area (Å²) in [7, 11) is 0. The normalized spacial score (nSPS) is 16.4. The van der Waals surface area contributed by atoms with Crippen molar-refractivity contribution in [3.63, 3.8) is 0 Å². The van der Waals surface area contributed by atoms with Crippen LogP contribution in [0.2, 0.25) is 5.02 Å². The molecule has 1 aromatic carbocycles. The van der Waals surface area contributed by atoms with E-state index >= 15 is 0 Å². The first-order chi connectivity index (χ1) is 11.7. The van der Waals surface area contributed by atoms with Crippen molar-refractivity contribution in [2.24, 2.45) is 0 Å². The van der Waals surface area contributed by atoms with Crippen LogP contribution in [0, 0.1) is 0 Å². The van der Waals surface area contributed by atoms with E-state index in [2.05, 4.69) is 4.98 Å². The third-order valence-corrected chi connectivity index (χ3v) is 5.00. The summed E-state index contributed by atoms with van der Waals surface area (Å²) in [6, 6.07) is 8.06. The van der Waals surface area contributed by atoms with Crippen molar-refractivity contribution in [1.82, 2.24) is 14.5 Å². The summed E-state index contributed by atoms with van der Waals surface area (Å²) in [6.45, 7) is 0.610. The van der Waals surface area contributed by atoms with Crippen LogP contribution >= 0.6 is 11.6 Å². The molecule has 24 heavy (non-hydrogen) atoms. The van der Waals surface area contributed by atoms with Crippen LogP contribution in [-0.4, -0.2) is 26.5 Å².